The Balaban J connectivity index is 1.88. The minimum Gasteiger partial charge on any atom is -0.501 e. The number of aromatic hydroxyl groups is 1. The summed E-state index contributed by atoms with van der Waals surface area (Å²) in [6.07, 6.45) is 0. The highest BCUT2D eigenvalue weighted by Crippen LogP contribution is 2.18. The van der Waals surface area contributed by atoms with Crippen LogP contribution in [0, 0.1) is 5.82 Å². The van der Waals surface area contributed by atoms with Gasteiger partial charge in [-0.05, 0) is 24.7 Å². The van der Waals surface area contributed by atoms with Crippen molar-refractivity contribution in [2.75, 3.05) is 20.3 Å². The second-order valence-electron chi connectivity index (χ2n) is 5.85. The number of carbonyl (C=O) groups excluding carboxylic acids is 1. The summed E-state index contributed by atoms with van der Waals surface area (Å²) in [7, 11) is 1.69. The molecule has 1 unspecified atom stereocenters. The van der Waals surface area contributed by atoms with Crippen molar-refractivity contribution >= 4 is 5.91 Å². The van der Waals surface area contributed by atoms with Gasteiger partial charge in [-0.25, -0.2) is 9.37 Å². The molecule has 138 valence electrons. The highest BCUT2D eigenvalue weighted by molar-refractivity contribution is 5.94. The van der Waals surface area contributed by atoms with Gasteiger partial charge in [-0.15, -0.1) is 0 Å². The summed E-state index contributed by atoms with van der Waals surface area (Å²) in [4.78, 5) is 29.1. The molecule has 0 bridgehead atoms. The molecule has 0 aliphatic carbocycles. The Morgan fingerprint density at radius 2 is 2.15 bits per heavy atom. The molecule has 1 aromatic carbocycles. The van der Waals surface area contributed by atoms with Gasteiger partial charge >= 0.3 is 0 Å². The van der Waals surface area contributed by atoms with Gasteiger partial charge in [0.2, 0.25) is 5.75 Å². The number of halogens is 1. The molecule has 0 radical (unpaired) electrons. The number of fused-ring (bicyclic) bond motifs is 1. The van der Waals surface area contributed by atoms with Crippen molar-refractivity contribution in [1.82, 2.24) is 20.2 Å². The van der Waals surface area contributed by atoms with Crippen molar-refractivity contribution in [3.63, 3.8) is 0 Å². The molecule has 0 saturated heterocycles. The number of carbonyl (C=O) groups is 1. The Labute approximate surface area is 148 Å². The molecular formula is C17H19FN4O4. The zero-order valence-electron chi connectivity index (χ0n) is 14.2. The highest BCUT2D eigenvalue weighted by atomic mass is 19.1. The molecule has 1 aromatic heterocycles. The first-order valence-corrected chi connectivity index (χ1v) is 8.12. The van der Waals surface area contributed by atoms with Crippen molar-refractivity contribution in [3.05, 3.63) is 57.5 Å². The Hall–Kier alpha value is -2.78. The first-order valence-electron chi connectivity index (χ1n) is 8.12. The van der Waals surface area contributed by atoms with Gasteiger partial charge in [0.15, 0.2) is 5.69 Å². The summed E-state index contributed by atoms with van der Waals surface area (Å²) in [6.45, 7) is 0.953. The quantitative estimate of drug-likeness (QED) is 0.723. The molecule has 2 heterocycles. The van der Waals surface area contributed by atoms with Crippen molar-refractivity contribution < 1.29 is 19.0 Å². The number of benzene rings is 1. The number of likely N-dealkylation sites (N-methyl/N-ethyl adjacent to an activating group) is 1. The summed E-state index contributed by atoms with van der Waals surface area (Å²) in [5.74, 6) is -1.44. The monoisotopic (exact) mass is 362 g/mol. The van der Waals surface area contributed by atoms with Crippen LogP contribution in [-0.4, -0.2) is 40.8 Å². The molecule has 8 nitrogen and oxygen atoms in total. The number of amides is 1. The lowest BCUT2D eigenvalue weighted by atomic mass is 10.2. The molecule has 0 spiro atoms. The van der Waals surface area contributed by atoms with Gasteiger partial charge in [-0.3, -0.25) is 14.2 Å². The van der Waals surface area contributed by atoms with Crippen LogP contribution in [0.4, 0.5) is 4.39 Å². The van der Waals surface area contributed by atoms with Crippen LogP contribution in [0.5, 0.6) is 5.75 Å². The minimum absolute atomic E-state index is 0.108. The summed E-state index contributed by atoms with van der Waals surface area (Å²) in [5, 5.41) is 15.7. The molecule has 0 fully saturated rings. The predicted octanol–water partition coefficient (Wildman–Crippen LogP) is 0.309. The lowest BCUT2D eigenvalue weighted by molar-refractivity contribution is 0.0941. The predicted molar refractivity (Wildman–Crippen MR) is 90.4 cm³/mol. The number of rotatable bonds is 4. The summed E-state index contributed by atoms with van der Waals surface area (Å²) in [5.41, 5.74) is -0.356. The Bertz CT molecular complexity index is 866. The zero-order chi connectivity index (χ0) is 18.7. The van der Waals surface area contributed by atoms with Crippen LogP contribution in [0.2, 0.25) is 0 Å². The fourth-order valence-electron chi connectivity index (χ4n) is 2.71. The van der Waals surface area contributed by atoms with E-state index in [4.69, 9.17) is 4.74 Å². The highest BCUT2D eigenvalue weighted by Gasteiger charge is 2.26. The van der Waals surface area contributed by atoms with Gasteiger partial charge in [0.05, 0.1) is 25.8 Å². The van der Waals surface area contributed by atoms with Crippen molar-refractivity contribution in [3.8, 4) is 5.75 Å². The van der Waals surface area contributed by atoms with Crippen LogP contribution in [0.1, 0.15) is 27.9 Å². The molecule has 26 heavy (non-hydrogen) atoms. The fourth-order valence-corrected chi connectivity index (χ4v) is 2.71. The number of aromatic nitrogens is 2. The maximum Gasteiger partial charge on any atom is 0.296 e. The summed E-state index contributed by atoms with van der Waals surface area (Å²) >= 11 is 0. The largest absolute Gasteiger partial charge is 0.501 e. The number of ether oxygens (including phenoxy) is 1. The molecule has 1 atom stereocenters. The van der Waals surface area contributed by atoms with Gasteiger partial charge in [-0.1, -0.05) is 12.1 Å². The van der Waals surface area contributed by atoms with Gasteiger partial charge in [-0.2, -0.15) is 0 Å². The molecule has 9 heteroatoms. The molecule has 0 saturated carbocycles. The van der Waals surface area contributed by atoms with Crippen LogP contribution in [0.3, 0.4) is 0 Å². The molecule has 1 amide bonds. The van der Waals surface area contributed by atoms with E-state index in [-0.39, 0.29) is 30.6 Å². The second-order valence-corrected chi connectivity index (χ2v) is 5.85. The number of nitrogens with one attached hydrogen (secondary N) is 2. The molecule has 3 rings (SSSR count). The van der Waals surface area contributed by atoms with Crippen molar-refractivity contribution in [2.45, 2.75) is 19.1 Å². The van der Waals surface area contributed by atoms with Gasteiger partial charge in [0, 0.05) is 6.54 Å². The smallest absolute Gasteiger partial charge is 0.296 e. The van der Waals surface area contributed by atoms with Gasteiger partial charge in [0.25, 0.3) is 11.5 Å². The van der Waals surface area contributed by atoms with E-state index in [1.807, 2.05) is 0 Å². The van der Waals surface area contributed by atoms with Crippen LogP contribution in [0.15, 0.2) is 29.1 Å². The standard InChI is InChI=1S/C17H19FN4O4/c1-19-12-9-26-7-6-22-15(12)21-13(14(23)17(22)25)16(24)20-8-10-2-4-11(18)5-3-10/h2-5,12,19,23H,6-9H2,1H3,(H,20,24). The number of nitrogens with zero attached hydrogens (tertiary/aromatic N) is 2. The molecular weight excluding hydrogens is 343 g/mol. The Morgan fingerprint density at radius 3 is 2.85 bits per heavy atom. The lowest BCUT2D eigenvalue weighted by Gasteiger charge is -2.17. The van der Waals surface area contributed by atoms with E-state index in [0.717, 1.165) is 0 Å². The fraction of sp³-hybridized carbons (Fsp3) is 0.353. The van der Waals surface area contributed by atoms with E-state index in [1.54, 1.807) is 7.05 Å². The second kappa shape index (κ2) is 7.63. The van der Waals surface area contributed by atoms with E-state index in [9.17, 15) is 19.1 Å². The Kier molecular flexibility index (Phi) is 5.29. The van der Waals surface area contributed by atoms with Crippen molar-refractivity contribution in [1.29, 1.82) is 0 Å². The first-order chi connectivity index (χ1) is 12.5. The van der Waals surface area contributed by atoms with E-state index in [2.05, 4.69) is 15.6 Å². The maximum atomic E-state index is 12.9. The SMILES string of the molecule is CNC1COCCn2c1nc(C(=O)NCc1ccc(F)cc1)c(O)c2=O. The van der Waals surface area contributed by atoms with Gasteiger partial charge < -0.3 is 20.5 Å². The third-order valence-electron chi connectivity index (χ3n) is 4.16. The van der Waals surface area contributed by atoms with Crippen LogP contribution in [0.25, 0.3) is 0 Å². The van der Waals surface area contributed by atoms with Crippen LogP contribution < -0.4 is 16.2 Å². The van der Waals surface area contributed by atoms with Crippen molar-refractivity contribution in [2.24, 2.45) is 0 Å². The topological polar surface area (TPSA) is 105 Å². The van der Waals surface area contributed by atoms with Gasteiger partial charge in [0.1, 0.15) is 11.6 Å². The van der Waals surface area contributed by atoms with E-state index in [1.165, 1.54) is 28.8 Å². The third-order valence-corrected chi connectivity index (χ3v) is 4.16. The maximum absolute atomic E-state index is 12.9. The Morgan fingerprint density at radius 1 is 1.42 bits per heavy atom. The molecule has 2 aromatic rings. The van der Waals surface area contributed by atoms with E-state index in [0.29, 0.717) is 24.6 Å². The third kappa shape index (κ3) is 3.58. The average molecular weight is 362 g/mol. The van der Waals surface area contributed by atoms with E-state index < -0.39 is 17.2 Å². The minimum atomic E-state index is -0.706. The lowest BCUT2D eigenvalue weighted by Crippen LogP contribution is -2.34. The number of hydrogen-bond acceptors (Lipinski definition) is 6. The molecule has 1 aliphatic rings. The molecule has 3 N–H and O–H groups in total. The summed E-state index contributed by atoms with van der Waals surface area (Å²) in [6, 6.07) is 5.24. The first kappa shape index (κ1) is 18.0. The van der Waals surface area contributed by atoms with Crippen LogP contribution >= 0.6 is 0 Å². The zero-order valence-corrected chi connectivity index (χ0v) is 14.2. The average Bonchev–Trinajstić information content (AvgIpc) is 2.86. The normalized spacial score (nSPS) is 16.6. The number of hydrogen-bond donors (Lipinski definition) is 3. The summed E-state index contributed by atoms with van der Waals surface area (Å²) < 4.78 is 19.6. The van der Waals surface area contributed by atoms with Crippen LogP contribution in [-0.2, 0) is 17.8 Å². The van der Waals surface area contributed by atoms with E-state index >= 15 is 0 Å². The molecule has 1 aliphatic heterocycles.